The fourth-order valence-corrected chi connectivity index (χ4v) is 1.81. The number of methoxy groups -OCH3 is 1. The van der Waals surface area contributed by atoms with Crippen molar-refractivity contribution in [3.63, 3.8) is 0 Å². The molecule has 0 saturated heterocycles. The minimum absolute atomic E-state index is 0.0291. The summed E-state index contributed by atoms with van der Waals surface area (Å²) in [5.74, 6) is -0.688. The summed E-state index contributed by atoms with van der Waals surface area (Å²) in [7, 11) is 1.33. The Labute approximate surface area is 107 Å². The van der Waals surface area contributed by atoms with Crippen LogP contribution in [-0.2, 0) is 6.42 Å². The van der Waals surface area contributed by atoms with Gasteiger partial charge in [-0.25, -0.2) is 4.39 Å². The van der Waals surface area contributed by atoms with Crippen molar-refractivity contribution < 1.29 is 14.1 Å². The van der Waals surface area contributed by atoms with Crippen molar-refractivity contribution in [1.82, 2.24) is 0 Å². The van der Waals surface area contributed by atoms with E-state index in [2.05, 4.69) is 15.9 Å². The van der Waals surface area contributed by atoms with Crippen LogP contribution in [0.15, 0.2) is 12.1 Å². The molecule has 1 rings (SSSR count). The molecular weight excluding hydrogens is 293 g/mol. The second-order valence-corrected chi connectivity index (χ2v) is 4.88. The molecule has 0 fully saturated rings. The van der Waals surface area contributed by atoms with Gasteiger partial charge < -0.3 is 4.74 Å². The molecule has 0 amide bonds. The smallest absolute Gasteiger partial charge is 0.275 e. The minimum atomic E-state index is -0.717. The monoisotopic (exact) mass is 305 g/mol. The van der Waals surface area contributed by atoms with Crippen LogP contribution >= 0.6 is 15.9 Å². The van der Waals surface area contributed by atoms with Gasteiger partial charge in [0, 0.05) is 10.4 Å². The number of halogens is 2. The third kappa shape index (κ3) is 3.39. The summed E-state index contributed by atoms with van der Waals surface area (Å²) in [6.45, 7) is 1.96. The van der Waals surface area contributed by atoms with Gasteiger partial charge in [0.15, 0.2) is 11.6 Å². The van der Waals surface area contributed by atoms with Crippen molar-refractivity contribution in [2.24, 2.45) is 0 Å². The van der Waals surface area contributed by atoms with Crippen molar-refractivity contribution in [2.75, 3.05) is 7.11 Å². The molecule has 0 N–H and O–H groups in total. The zero-order valence-corrected chi connectivity index (χ0v) is 11.2. The largest absolute Gasteiger partial charge is 0.494 e. The van der Waals surface area contributed by atoms with E-state index >= 15 is 0 Å². The van der Waals surface area contributed by atoms with Crippen LogP contribution in [0, 0.1) is 15.9 Å². The first-order valence-electron chi connectivity index (χ1n) is 5.14. The predicted octanol–water partition coefficient (Wildman–Crippen LogP) is 3.46. The lowest BCUT2D eigenvalue weighted by Gasteiger charge is -2.09. The first kappa shape index (κ1) is 13.9. The number of ether oxygens (including phenoxy) is 1. The Morgan fingerprint density at radius 2 is 2.24 bits per heavy atom. The number of nitrogens with zero attached hydrogens (tertiary/aromatic N) is 1. The molecular formula is C11H13BrFNO3. The van der Waals surface area contributed by atoms with Crippen LogP contribution in [0.1, 0.15) is 18.9 Å². The van der Waals surface area contributed by atoms with Crippen molar-refractivity contribution in [2.45, 2.75) is 24.6 Å². The van der Waals surface area contributed by atoms with E-state index in [1.807, 2.05) is 6.92 Å². The molecule has 0 aliphatic rings. The van der Waals surface area contributed by atoms with Crippen LogP contribution < -0.4 is 4.74 Å². The number of rotatable bonds is 5. The molecule has 0 bridgehead atoms. The molecule has 0 heterocycles. The highest BCUT2D eigenvalue weighted by Gasteiger charge is 2.20. The van der Waals surface area contributed by atoms with Crippen LogP contribution in [-0.4, -0.2) is 16.9 Å². The van der Waals surface area contributed by atoms with Gasteiger partial charge in [-0.15, -0.1) is 0 Å². The van der Waals surface area contributed by atoms with Crippen molar-refractivity contribution in [3.8, 4) is 5.75 Å². The van der Waals surface area contributed by atoms with E-state index in [-0.39, 0.29) is 16.3 Å². The molecule has 0 saturated carbocycles. The lowest BCUT2D eigenvalue weighted by molar-refractivity contribution is -0.385. The van der Waals surface area contributed by atoms with E-state index in [1.165, 1.54) is 13.2 Å². The van der Waals surface area contributed by atoms with Gasteiger partial charge >= 0.3 is 0 Å². The molecule has 4 nitrogen and oxygen atoms in total. The summed E-state index contributed by atoms with van der Waals surface area (Å²) in [6.07, 6.45) is 1.29. The summed E-state index contributed by atoms with van der Waals surface area (Å²) in [5.41, 5.74) is 0.262. The van der Waals surface area contributed by atoms with Crippen LogP contribution in [0.5, 0.6) is 5.75 Å². The molecule has 0 radical (unpaired) electrons. The standard InChI is InChI=1S/C11H13BrFNO3/c1-3-8(12)4-7-5-11(17-2)9(13)6-10(7)14(15)16/h5-6,8H,3-4H2,1-2H3. The van der Waals surface area contributed by atoms with E-state index in [4.69, 9.17) is 4.74 Å². The van der Waals surface area contributed by atoms with Gasteiger partial charge in [-0.2, -0.15) is 0 Å². The number of nitro groups is 1. The Bertz CT molecular complexity index is 425. The summed E-state index contributed by atoms with van der Waals surface area (Å²) >= 11 is 3.40. The summed E-state index contributed by atoms with van der Waals surface area (Å²) < 4.78 is 18.2. The quantitative estimate of drug-likeness (QED) is 0.475. The second kappa shape index (κ2) is 5.95. The predicted molar refractivity (Wildman–Crippen MR) is 66.3 cm³/mol. The Kier molecular flexibility index (Phi) is 4.86. The van der Waals surface area contributed by atoms with Crippen LogP contribution in [0.4, 0.5) is 10.1 Å². The van der Waals surface area contributed by atoms with Gasteiger partial charge in [-0.1, -0.05) is 22.9 Å². The maximum atomic E-state index is 13.4. The highest BCUT2D eigenvalue weighted by molar-refractivity contribution is 9.09. The molecule has 0 aromatic heterocycles. The fraction of sp³-hybridized carbons (Fsp3) is 0.455. The molecule has 1 aromatic carbocycles. The Morgan fingerprint density at radius 3 is 2.71 bits per heavy atom. The van der Waals surface area contributed by atoms with Crippen LogP contribution in [0.3, 0.4) is 0 Å². The van der Waals surface area contributed by atoms with E-state index < -0.39 is 10.7 Å². The van der Waals surface area contributed by atoms with E-state index in [1.54, 1.807) is 0 Å². The van der Waals surface area contributed by atoms with Gasteiger partial charge in [0.1, 0.15) is 0 Å². The van der Waals surface area contributed by atoms with Crippen LogP contribution in [0.25, 0.3) is 0 Å². The van der Waals surface area contributed by atoms with Crippen molar-refractivity contribution in [1.29, 1.82) is 0 Å². The van der Waals surface area contributed by atoms with Gasteiger partial charge in [-0.3, -0.25) is 10.1 Å². The third-order valence-electron chi connectivity index (χ3n) is 2.43. The van der Waals surface area contributed by atoms with Crippen LogP contribution in [0.2, 0.25) is 0 Å². The number of nitro benzene ring substituents is 1. The van der Waals surface area contributed by atoms with E-state index in [9.17, 15) is 14.5 Å². The highest BCUT2D eigenvalue weighted by atomic mass is 79.9. The summed E-state index contributed by atoms with van der Waals surface area (Å²) in [4.78, 5) is 10.4. The SMILES string of the molecule is CCC(Br)Cc1cc(OC)c(F)cc1[N+](=O)[O-]. The molecule has 6 heteroatoms. The summed E-state index contributed by atoms with van der Waals surface area (Å²) in [6, 6.07) is 2.29. The maximum absolute atomic E-state index is 13.4. The topological polar surface area (TPSA) is 52.4 Å². The van der Waals surface area contributed by atoms with Gasteiger partial charge in [0.25, 0.3) is 5.69 Å². The Balaban J connectivity index is 3.19. The fourth-order valence-electron chi connectivity index (χ4n) is 1.46. The second-order valence-electron chi connectivity index (χ2n) is 3.58. The van der Waals surface area contributed by atoms with Crippen molar-refractivity contribution in [3.05, 3.63) is 33.6 Å². The number of benzene rings is 1. The Hall–Kier alpha value is -1.17. The molecule has 1 atom stereocenters. The average molecular weight is 306 g/mol. The lowest BCUT2D eigenvalue weighted by atomic mass is 10.1. The first-order chi connectivity index (χ1) is 7.99. The lowest BCUT2D eigenvalue weighted by Crippen LogP contribution is -2.05. The van der Waals surface area contributed by atoms with Gasteiger partial charge in [0.2, 0.25) is 0 Å². The summed E-state index contributed by atoms with van der Waals surface area (Å²) in [5, 5.41) is 10.8. The first-order valence-corrected chi connectivity index (χ1v) is 6.06. The normalized spacial score (nSPS) is 12.2. The zero-order valence-electron chi connectivity index (χ0n) is 9.57. The third-order valence-corrected chi connectivity index (χ3v) is 3.41. The number of hydrogen-bond donors (Lipinski definition) is 0. The molecule has 1 unspecified atom stereocenters. The highest BCUT2D eigenvalue weighted by Crippen LogP contribution is 2.29. The maximum Gasteiger partial charge on any atom is 0.275 e. The molecule has 0 aliphatic carbocycles. The molecule has 94 valence electrons. The molecule has 0 aliphatic heterocycles. The molecule has 0 spiro atoms. The van der Waals surface area contributed by atoms with Gasteiger partial charge in [-0.05, 0) is 18.9 Å². The number of alkyl halides is 1. The van der Waals surface area contributed by atoms with Crippen molar-refractivity contribution >= 4 is 21.6 Å². The minimum Gasteiger partial charge on any atom is -0.494 e. The molecule has 17 heavy (non-hydrogen) atoms. The molecule has 1 aromatic rings. The zero-order chi connectivity index (χ0) is 13.0. The number of hydrogen-bond acceptors (Lipinski definition) is 3. The van der Waals surface area contributed by atoms with E-state index in [0.29, 0.717) is 12.0 Å². The Morgan fingerprint density at radius 1 is 1.59 bits per heavy atom. The average Bonchev–Trinajstić information content (AvgIpc) is 2.30. The van der Waals surface area contributed by atoms with E-state index in [0.717, 1.165) is 12.5 Å². The van der Waals surface area contributed by atoms with Gasteiger partial charge in [0.05, 0.1) is 18.1 Å².